The zero-order chi connectivity index (χ0) is 14.6. The van der Waals surface area contributed by atoms with Crippen molar-refractivity contribution in [3.8, 4) is 0 Å². The summed E-state index contributed by atoms with van der Waals surface area (Å²) in [4.78, 5) is 4.48. The average Bonchev–Trinajstić information content (AvgIpc) is 2.84. The summed E-state index contributed by atoms with van der Waals surface area (Å²) in [5.74, 6) is 1.24. The zero-order valence-corrected chi connectivity index (χ0v) is 12.8. The van der Waals surface area contributed by atoms with Gasteiger partial charge in [-0.05, 0) is 12.3 Å². The Hall–Kier alpha value is -0.980. The molecule has 0 saturated carbocycles. The van der Waals surface area contributed by atoms with Gasteiger partial charge in [-0.3, -0.25) is 0 Å². The molecule has 2 atom stereocenters. The third kappa shape index (κ3) is 4.01. The first-order valence-electron chi connectivity index (χ1n) is 7.27. The molecule has 0 aromatic carbocycles. The van der Waals surface area contributed by atoms with Crippen LogP contribution in [0.5, 0.6) is 0 Å². The zero-order valence-electron chi connectivity index (χ0n) is 12.8. The number of ether oxygens (including phenoxy) is 2. The molecule has 1 aromatic heterocycles. The fourth-order valence-electron chi connectivity index (χ4n) is 2.28. The summed E-state index contributed by atoms with van der Waals surface area (Å²) >= 11 is 0. The first-order chi connectivity index (χ1) is 9.50. The van der Waals surface area contributed by atoms with E-state index in [9.17, 15) is 0 Å². The van der Waals surface area contributed by atoms with E-state index < -0.39 is 0 Å². The molecule has 20 heavy (non-hydrogen) atoms. The molecule has 2 unspecified atom stereocenters. The van der Waals surface area contributed by atoms with Crippen LogP contribution in [-0.4, -0.2) is 42.5 Å². The Labute approximate surface area is 120 Å². The minimum atomic E-state index is -0.157. The molecule has 0 bridgehead atoms. The highest BCUT2D eigenvalue weighted by atomic mass is 16.5. The van der Waals surface area contributed by atoms with E-state index in [-0.39, 0.29) is 17.6 Å². The molecule has 2 rings (SSSR count). The molecule has 2 heterocycles. The predicted molar refractivity (Wildman–Crippen MR) is 74.4 cm³/mol. The largest absolute Gasteiger partial charge is 0.375 e. The Kier molecular flexibility index (Phi) is 5.12. The lowest BCUT2D eigenvalue weighted by molar-refractivity contribution is -0.0203. The summed E-state index contributed by atoms with van der Waals surface area (Å²) in [6.07, 6.45) is 0.593. The van der Waals surface area contributed by atoms with Crippen LogP contribution in [0.1, 0.15) is 45.5 Å². The number of nitrogens with one attached hydrogen (secondary N) is 1. The van der Waals surface area contributed by atoms with Gasteiger partial charge in [-0.2, -0.15) is 4.98 Å². The van der Waals surface area contributed by atoms with E-state index in [4.69, 9.17) is 14.0 Å². The lowest BCUT2D eigenvalue weighted by atomic mass is 9.88. The summed E-state index contributed by atoms with van der Waals surface area (Å²) in [6.45, 7) is 11.4. The monoisotopic (exact) mass is 283 g/mol. The van der Waals surface area contributed by atoms with Gasteiger partial charge in [0.05, 0.1) is 19.1 Å². The van der Waals surface area contributed by atoms with Gasteiger partial charge in [0.15, 0.2) is 0 Å². The summed E-state index contributed by atoms with van der Waals surface area (Å²) < 4.78 is 16.8. The maximum Gasteiger partial charge on any atom is 0.229 e. The molecular formula is C14H25N3O3. The van der Waals surface area contributed by atoms with Gasteiger partial charge in [-0.25, -0.2) is 0 Å². The van der Waals surface area contributed by atoms with Crippen molar-refractivity contribution < 1.29 is 14.0 Å². The van der Waals surface area contributed by atoms with Crippen molar-refractivity contribution in [3.63, 3.8) is 0 Å². The average molecular weight is 283 g/mol. The highest BCUT2D eigenvalue weighted by molar-refractivity contribution is 4.97. The van der Waals surface area contributed by atoms with Gasteiger partial charge >= 0.3 is 0 Å². The van der Waals surface area contributed by atoms with Crippen LogP contribution >= 0.6 is 0 Å². The second-order valence-electron chi connectivity index (χ2n) is 6.15. The van der Waals surface area contributed by atoms with Crippen LogP contribution < -0.4 is 5.32 Å². The van der Waals surface area contributed by atoms with Crippen LogP contribution in [0.15, 0.2) is 4.52 Å². The van der Waals surface area contributed by atoms with Crippen LogP contribution in [-0.2, 0) is 15.9 Å². The van der Waals surface area contributed by atoms with Gasteiger partial charge in [0.2, 0.25) is 11.7 Å². The highest BCUT2D eigenvalue weighted by Gasteiger charge is 2.31. The third-order valence-electron chi connectivity index (χ3n) is 3.24. The number of hydrogen-bond donors (Lipinski definition) is 1. The van der Waals surface area contributed by atoms with Crippen molar-refractivity contribution in [1.82, 2.24) is 15.5 Å². The molecule has 1 aliphatic rings. The van der Waals surface area contributed by atoms with Gasteiger partial charge in [0.25, 0.3) is 0 Å². The standard InChI is InChI=1S/C14H25N3O3/c1-5-18-12(14(2,3)4)13-16-11(20-17-13)8-10-9-15-6-7-19-10/h10,12,15H,5-9H2,1-4H3. The van der Waals surface area contributed by atoms with Crippen LogP contribution in [0.25, 0.3) is 0 Å². The molecule has 0 spiro atoms. The molecule has 1 aromatic rings. The Morgan fingerprint density at radius 2 is 2.25 bits per heavy atom. The Balaban J connectivity index is 2.02. The molecule has 0 radical (unpaired) electrons. The molecule has 1 aliphatic heterocycles. The lowest BCUT2D eigenvalue weighted by Gasteiger charge is -2.27. The molecule has 1 fully saturated rings. The third-order valence-corrected chi connectivity index (χ3v) is 3.24. The second-order valence-corrected chi connectivity index (χ2v) is 6.15. The molecule has 0 amide bonds. The summed E-state index contributed by atoms with van der Waals surface area (Å²) in [5, 5.41) is 7.37. The van der Waals surface area contributed by atoms with E-state index >= 15 is 0 Å². The van der Waals surface area contributed by atoms with E-state index in [0.29, 0.717) is 24.7 Å². The first kappa shape index (κ1) is 15.4. The maximum absolute atomic E-state index is 5.77. The van der Waals surface area contributed by atoms with Crippen molar-refractivity contribution >= 4 is 0 Å². The van der Waals surface area contributed by atoms with E-state index in [1.54, 1.807) is 0 Å². The van der Waals surface area contributed by atoms with Crippen LogP contribution in [0.3, 0.4) is 0 Å². The van der Waals surface area contributed by atoms with E-state index in [2.05, 4.69) is 36.2 Å². The topological polar surface area (TPSA) is 69.4 Å². The van der Waals surface area contributed by atoms with Crippen molar-refractivity contribution in [3.05, 3.63) is 11.7 Å². The van der Waals surface area contributed by atoms with Gasteiger partial charge in [0, 0.05) is 19.7 Å². The lowest BCUT2D eigenvalue weighted by Crippen LogP contribution is -2.39. The van der Waals surface area contributed by atoms with Gasteiger partial charge in [0.1, 0.15) is 6.10 Å². The fourth-order valence-corrected chi connectivity index (χ4v) is 2.28. The molecule has 1 saturated heterocycles. The summed E-state index contributed by atoms with van der Waals surface area (Å²) in [7, 11) is 0. The highest BCUT2D eigenvalue weighted by Crippen LogP contribution is 2.34. The van der Waals surface area contributed by atoms with E-state index in [0.717, 1.165) is 19.7 Å². The van der Waals surface area contributed by atoms with Crippen molar-refractivity contribution in [2.75, 3.05) is 26.3 Å². The molecule has 114 valence electrons. The molecule has 6 heteroatoms. The van der Waals surface area contributed by atoms with Crippen molar-refractivity contribution in [2.24, 2.45) is 5.41 Å². The fraction of sp³-hybridized carbons (Fsp3) is 0.857. The number of hydrogen-bond acceptors (Lipinski definition) is 6. The quantitative estimate of drug-likeness (QED) is 0.887. The minimum absolute atomic E-state index is 0.0694. The molecule has 0 aliphatic carbocycles. The number of rotatable bonds is 5. The number of nitrogens with zero attached hydrogens (tertiary/aromatic N) is 2. The Morgan fingerprint density at radius 3 is 2.85 bits per heavy atom. The van der Waals surface area contributed by atoms with Crippen LogP contribution in [0.4, 0.5) is 0 Å². The van der Waals surface area contributed by atoms with Crippen molar-refractivity contribution in [1.29, 1.82) is 0 Å². The van der Waals surface area contributed by atoms with E-state index in [1.165, 1.54) is 0 Å². The molecule has 6 nitrogen and oxygen atoms in total. The maximum atomic E-state index is 5.77. The van der Waals surface area contributed by atoms with Gasteiger partial charge < -0.3 is 19.3 Å². The number of aromatic nitrogens is 2. The normalized spacial score (nSPS) is 21.9. The smallest absolute Gasteiger partial charge is 0.229 e. The van der Waals surface area contributed by atoms with Crippen molar-refractivity contribution in [2.45, 2.75) is 46.3 Å². The SMILES string of the molecule is CCOC(c1noc(CC2CNCCO2)n1)C(C)(C)C. The van der Waals surface area contributed by atoms with Crippen LogP contribution in [0.2, 0.25) is 0 Å². The second kappa shape index (κ2) is 6.65. The summed E-state index contributed by atoms with van der Waals surface area (Å²) in [5.41, 5.74) is -0.0694. The minimum Gasteiger partial charge on any atom is -0.375 e. The Morgan fingerprint density at radius 1 is 1.45 bits per heavy atom. The van der Waals surface area contributed by atoms with Crippen LogP contribution in [0, 0.1) is 5.41 Å². The molecule has 1 N–H and O–H groups in total. The van der Waals surface area contributed by atoms with Gasteiger partial charge in [-0.15, -0.1) is 0 Å². The number of morpholine rings is 1. The van der Waals surface area contributed by atoms with E-state index in [1.807, 2.05) is 6.92 Å². The Bertz CT molecular complexity index is 408. The predicted octanol–water partition coefficient (Wildman–Crippen LogP) is 1.72. The summed E-state index contributed by atoms with van der Waals surface area (Å²) in [6, 6.07) is 0. The van der Waals surface area contributed by atoms with Gasteiger partial charge in [-0.1, -0.05) is 25.9 Å². The molecular weight excluding hydrogens is 258 g/mol. The first-order valence-corrected chi connectivity index (χ1v) is 7.27.